The second kappa shape index (κ2) is 6.66. The van der Waals surface area contributed by atoms with Gasteiger partial charge in [-0.05, 0) is 54.1 Å². The lowest BCUT2D eigenvalue weighted by Gasteiger charge is -2.37. The van der Waals surface area contributed by atoms with Gasteiger partial charge in [0, 0.05) is 29.3 Å². The molecule has 0 radical (unpaired) electrons. The molecule has 1 aliphatic rings. The number of aromatic nitrogens is 1. The summed E-state index contributed by atoms with van der Waals surface area (Å²) in [5.41, 5.74) is 5.95. The number of hydrogen-bond acceptors (Lipinski definition) is 3. The predicted octanol–water partition coefficient (Wildman–Crippen LogP) is 3.47. The first-order valence-corrected chi connectivity index (χ1v) is 7.74. The third kappa shape index (κ3) is 3.66. The summed E-state index contributed by atoms with van der Waals surface area (Å²) in [7, 11) is 0. The molecule has 0 aliphatic heterocycles. The van der Waals surface area contributed by atoms with Gasteiger partial charge in [0.05, 0.1) is 0 Å². The number of pyridine rings is 1. The zero-order valence-electron chi connectivity index (χ0n) is 11.3. The van der Waals surface area contributed by atoms with Crippen LogP contribution in [0, 0.1) is 5.82 Å². The number of hydrogen-bond donors (Lipinski definition) is 1. The Morgan fingerprint density at radius 3 is 2.68 bits per heavy atom. The Hall–Kier alpha value is -0.680. The fourth-order valence-electron chi connectivity index (χ4n) is 2.73. The third-order valence-corrected chi connectivity index (χ3v) is 4.14. The highest BCUT2D eigenvalue weighted by atomic mass is 79.9. The molecular formula is C14H21BrFN3. The van der Waals surface area contributed by atoms with Gasteiger partial charge < -0.3 is 10.6 Å². The largest absolute Gasteiger partial charge is 0.351 e. The molecule has 2 N–H and O–H groups in total. The Morgan fingerprint density at radius 1 is 1.42 bits per heavy atom. The summed E-state index contributed by atoms with van der Waals surface area (Å²) in [6.07, 6.45) is 6.73. The van der Waals surface area contributed by atoms with Crippen LogP contribution in [0.25, 0.3) is 0 Å². The summed E-state index contributed by atoms with van der Waals surface area (Å²) in [6, 6.07) is 2.16. The van der Waals surface area contributed by atoms with Crippen LogP contribution in [0.5, 0.6) is 0 Å². The van der Waals surface area contributed by atoms with E-state index in [2.05, 4.69) is 32.7 Å². The fraction of sp³-hybridized carbons (Fsp3) is 0.643. The first-order valence-electron chi connectivity index (χ1n) is 6.95. The summed E-state index contributed by atoms with van der Waals surface area (Å²) >= 11 is 3.25. The van der Waals surface area contributed by atoms with Gasteiger partial charge in [0.2, 0.25) is 0 Å². The molecule has 0 bridgehead atoms. The lowest BCUT2D eigenvalue weighted by atomic mass is 9.90. The van der Waals surface area contributed by atoms with Gasteiger partial charge in [0.1, 0.15) is 0 Å². The van der Waals surface area contributed by atoms with Crippen LogP contribution in [0.15, 0.2) is 16.7 Å². The van der Waals surface area contributed by atoms with Gasteiger partial charge in [-0.15, -0.1) is 0 Å². The summed E-state index contributed by atoms with van der Waals surface area (Å²) in [6.45, 7) is 2.95. The molecule has 106 valence electrons. The van der Waals surface area contributed by atoms with Crippen molar-refractivity contribution in [3.05, 3.63) is 22.6 Å². The summed E-state index contributed by atoms with van der Waals surface area (Å²) < 4.78 is 14.8. The molecule has 0 spiro atoms. The topological polar surface area (TPSA) is 42.2 Å². The molecule has 0 atom stereocenters. The van der Waals surface area contributed by atoms with Crippen LogP contribution in [-0.2, 0) is 0 Å². The quantitative estimate of drug-likeness (QED) is 0.919. The van der Waals surface area contributed by atoms with Gasteiger partial charge in [0.15, 0.2) is 11.6 Å². The summed E-state index contributed by atoms with van der Waals surface area (Å²) in [4.78, 5) is 6.38. The molecule has 1 aliphatic carbocycles. The van der Waals surface area contributed by atoms with Crippen LogP contribution < -0.4 is 10.6 Å². The molecule has 0 aromatic carbocycles. The van der Waals surface area contributed by atoms with Crippen molar-refractivity contribution in [1.29, 1.82) is 0 Å². The maximum atomic E-state index is 14.1. The normalized spacial score (nSPS) is 23.4. The van der Waals surface area contributed by atoms with E-state index in [1.165, 1.54) is 6.07 Å². The predicted molar refractivity (Wildman–Crippen MR) is 79.8 cm³/mol. The lowest BCUT2D eigenvalue weighted by Crippen LogP contribution is -2.42. The van der Waals surface area contributed by atoms with Crippen LogP contribution >= 0.6 is 15.9 Å². The van der Waals surface area contributed by atoms with Crippen molar-refractivity contribution < 1.29 is 4.39 Å². The Bertz CT molecular complexity index is 419. The van der Waals surface area contributed by atoms with Crippen molar-refractivity contribution in [3.63, 3.8) is 0 Å². The minimum absolute atomic E-state index is 0.252. The SMILES string of the molecule is CCCN(c1ncc(Br)cc1F)C1CCC(N)CC1. The molecule has 1 aromatic heterocycles. The molecule has 1 saturated carbocycles. The second-order valence-corrected chi connectivity index (χ2v) is 6.14. The first-order chi connectivity index (χ1) is 9.11. The lowest BCUT2D eigenvalue weighted by molar-refractivity contribution is 0.371. The van der Waals surface area contributed by atoms with Crippen molar-refractivity contribution in [2.45, 2.75) is 51.1 Å². The van der Waals surface area contributed by atoms with Crippen molar-refractivity contribution in [2.24, 2.45) is 5.73 Å². The standard InChI is InChI=1S/C14H21BrFN3/c1-2-7-19(12-5-3-11(17)4-6-12)14-13(16)8-10(15)9-18-14/h8-9,11-12H,2-7,17H2,1H3. The van der Waals surface area contributed by atoms with E-state index >= 15 is 0 Å². The molecule has 1 fully saturated rings. The van der Waals surface area contributed by atoms with Crippen molar-refractivity contribution >= 4 is 21.7 Å². The molecule has 3 nitrogen and oxygen atoms in total. The minimum Gasteiger partial charge on any atom is -0.351 e. The monoisotopic (exact) mass is 329 g/mol. The Kier molecular flexibility index (Phi) is 5.16. The molecule has 0 saturated heterocycles. The maximum absolute atomic E-state index is 14.1. The average Bonchev–Trinajstić information content (AvgIpc) is 2.38. The number of nitrogens with zero attached hydrogens (tertiary/aromatic N) is 2. The molecule has 0 amide bonds. The van der Waals surface area contributed by atoms with Crippen molar-refractivity contribution in [2.75, 3.05) is 11.4 Å². The number of anilines is 1. The van der Waals surface area contributed by atoms with Gasteiger partial charge in [-0.1, -0.05) is 6.92 Å². The molecule has 19 heavy (non-hydrogen) atoms. The van der Waals surface area contributed by atoms with Crippen LogP contribution in [0.1, 0.15) is 39.0 Å². The zero-order valence-corrected chi connectivity index (χ0v) is 12.9. The van der Waals surface area contributed by atoms with E-state index in [0.717, 1.165) is 38.6 Å². The average molecular weight is 330 g/mol. The van der Waals surface area contributed by atoms with E-state index in [-0.39, 0.29) is 5.82 Å². The highest BCUT2D eigenvalue weighted by molar-refractivity contribution is 9.10. The fourth-order valence-corrected chi connectivity index (χ4v) is 3.04. The van der Waals surface area contributed by atoms with E-state index in [4.69, 9.17) is 5.73 Å². The maximum Gasteiger partial charge on any atom is 0.166 e. The van der Waals surface area contributed by atoms with E-state index in [9.17, 15) is 4.39 Å². The third-order valence-electron chi connectivity index (χ3n) is 3.71. The van der Waals surface area contributed by atoms with Crippen LogP contribution in [0.4, 0.5) is 10.2 Å². The van der Waals surface area contributed by atoms with E-state index in [1.807, 2.05) is 0 Å². The van der Waals surface area contributed by atoms with E-state index in [1.54, 1.807) is 6.20 Å². The van der Waals surface area contributed by atoms with Crippen LogP contribution in [0.2, 0.25) is 0 Å². The number of halogens is 2. The Balaban J connectivity index is 2.19. The number of rotatable bonds is 4. The molecule has 5 heteroatoms. The van der Waals surface area contributed by atoms with Crippen molar-refractivity contribution in [1.82, 2.24) is 4.98 Å². The molecule has 1 aromatic rings. The zero-order chi connectivity index (χ0) is 13.8. The molecule has 1 heterocycles. The van der Waals surface area contributed by atoms with E-state index < -0.39 is 0 Å². The second-order valence-electron chi connectivity index (χ2n) is 5.22. The van der Waals surface area contributed by atoms with Gasteiger partial charge >= 0.3 is 0 Å². The van der Waals surface area contributed by atoms with Gasteiger partial charge in [0.25, 0.3) is 0 Å². The van der Waals surface area contributed by atoms with Gasteiger partial charge in [-0.2, -0.15) is 0 Å². The first kappa shape index (κ1) is 14.7. The summed E-state index contributed by atoms with van der Waals surface area (Å²) in [5, 5.41) is 0. The summed E-state index contributed by atoms with van der Waals surface area (Å²) in [5.74, 6) is 0.225. The van der Waals surface area contributed by atoms with Gasteiger partial charge in [-0.25, -0.2) is 9.37 Å². The van der Waals surface area contributed by atoms with Crippen LogP contribution in [0.3, 0.4) is 0 Å². The molecule has 2 rings (SSSR count). The smallest absolute Gasteiger partial charge is 0.166 e. The Morgan fingerprint density at radius 2 is 2.11 bits per heavy atom. The molecule has 0 unspecified atom stereocenters. The minimum atomic E-state index is -0.252. The van der Waals surface area contributed by atoms with Crippen LogP contribution in [-0.4, -0.2) is 23.6 Å². The Labute approximate surface area is 122 Å². The van der Waals surface area contributed by atoms with E-state index in [0.29, 0.717) is 22.4 Å². The molecular weight excluding hydrogens is 309 g/mol. The number of nitrogens with two attached hydrogens (primary N) is 1. The van der Waals surface area contributed by atoms with Gasteiger partial charge in [-0.3, -0.25) is 0 Å². The van der Waals surface area contributed by atoms with Crippen molar-refractivity contribution in [3.8, 4) is 0 Å². The highest BCUT2D eigenvalue weighted by Crippen LogP contribution is 2.28. The highest BCUT2D eigenvalue weighted by Gasteiger charge is 2.26.